The molecule has 0 amide bonds. The first kappa shape index (κ1) is 16.5. The Bertz CT molecular complexity index is 589. The van der Waals surface area contributed by atoms with E-state index in [1.807, 2.05) is 33.0 Å². The van der Waals surface area contributed by atoms with E-state index in [0.717, 1.165) is 42.4 Å². The average Bonchev–Trinajstić information content (AvgIpc) is 2.71. The third-order valence-corrected chi connectivity index (χ3v) is 6.22. The summed E-state index contributed by atoms with van der Waals surface area (Å²) in [5.74, 6) is 0. The molecule has 0 aliphatic carbocycles. The predicted octanol–water partition coefficient (Wildman–Crippen LogP) is 2.59. The summed E-state index contributed by atoms with van der Waals surface area (Å²) in [4.78, 5) is 0.472. The number of hydrogen-bond acceptors (Lipinski definition) is 3. The second kappa shape index (κ2) is 6.90. The molecule has 1 N–H and O–H groups in total. The van der Waals surface area contributed by atoms with Gasteiger partial charge in [-0.1, -0.05) is 18.9 Å². The van der Waals surface area contributed by atoms with Crippen molar-refractivity contribution in [2.75, 3.05) is 20.1 Å². The number of nitrogens with one attached hydrogen (secondary N) is 1. The lowest BCUT2D eigenvalue weighted by atomic mass is 10.1. The molecule has 1 saturated heterocycles. The standard InChI is InChI=1S/C16H26N2O2S/c1-13-10-14(2)16(11-15(13)12-17-3)21(19,20)18-8-6-4-5-7-9-18/h10-11,17H,4-9,12H2,1-3H3. The molecule has 5 heteroatoms. The van der Waals surface area contributed by atoms with Crippen LogP contribution in [0.1, 0.15) is 42.4 Å². The van der Waals surface area contributed by atoms with E-state index in [1.165, 1.54) is 0 Å². The minimum absolute atomic E-state index is 0.472. The Hall–Kier alpha value is -0.910. The molecule has 0 bridgehead atoms. The smallest absolute Gasteiger partial charge is 0.243 e. The van der Waals surface area contributed by atoms with Gasteiger partial charge in [0.15, 0.2) is 0 Å². The topological polar surface area (TPSA) is 49.4 Å². The van der Waals surface area contributed by atoms with Gasteiger partial charge in [-0.2, -0.15) is 4.31 Å². The number of nitrogens with zero attached hydrogens (tertiary/aromatic N) is 1. The molecule has 0 radical (unpaired) electrons. The van der Waals surface area contributed by atoms with Crippen molar-refractivity contribution in [2.24, 2.45) is 0 Å². The Balaban J connectivity index is 2.40. The fourth-order valence-electron chi connectivity index (χ4n) is 2.95. The molecule has 21 heavy (non-hydrogen) atoms. The highest BCUT2D eigenvalue weighted by atomic mass is 32.2. The molecule has 0 spiro atoms. The van der Waals surface area contributed by atoms with Crippen LogP contribution in [0.2, 0.25) is 0 Å². The summed E-state index contributed by atoms with van der Waals surface area (Å²) in [6, 6.07) is 3.83. The Morgan fingerprint density at radius 3 is 2.24 bits per heavy atom. The molecule has 1 aromatic carbocycles. The van der Waals surface area contributed by atoms with Gasteiger partial charge < -0.3 is 5.32 Å². The molecule has 4 nitrogen and oxygen atoms in total. The Morgan fingerprint density at radius 2 is 1.67 bits per heavy atom. The van der Waals surface area contributed by atoms with E-state index in [9.17, 15) is 8.42 Å². The summed E-state index contributed by atoms with van der Waals surface area (Å²) in [6.45, 7) is 5.91. The molecule has 1 heterocycles. The van der Waals surface area contributed by atoms with Gasteiger partial charge in [0.25, 0.3) is 0 Å². The van der Waals surface area contributed by atoms with E-state index in [-0.39, 0.29) is 0 Å². The van der Waals surface area contributed by atoms with Crippen LogP contribution in [0, 0.1) is 13.8 Å². The third-order valence-electron chi connectivity index (χ3n) is 4.18. The number of benzene rings is 1. The van der Waals surface area contributed by atoms with Gasteiger partial charge in [0.05, 0.1) is 4.90 Å². The Labute approximate surface area is 128 Å². The van der Waals surface area contributed by atoms with Crippen molar-refractivity contribution in [1.82, 2.24) is 9.62 Å². The van der Waals surface area contributed by atoms with E-state index in [1.54, 1.807) is 4.31 Å². The summed E-state index contributed by atoms with van der Waals surface area (Å²) >= 11 is 0. The molecule has 2 rings (SSSR count). The van der Waals surface area contributed by atoms with Crippen LogP contribution in [-0.2, 0) is 16.6 Å². The van der Waals surface area contributed by atoms with E-state index in [0.29, 0.717) is 24.5 Å². The van der Waals surface area contributed by atoms with Crippen LogP contribution >= 0.6 is 0 Å². The lowest BCUT2D eigenvalue weighted by Crippen LogP contribution is -2.32. The summed E-state index contributed by atoms with van der Waals surface area (Å²) in [5.41, 5.74) is 3.03. The summed E-state index contributed by atoms with van der Waals surface area (Å²) < 4.78 is 27.5. The van der Waals surface area contributed by atoms with Crippen molar-refractivity contribution in [2.45, 2.75) is 51.0 Å². The van der Waals surface area contributed by atoms with Crippen molar-refractivity contribution >= 4 is 10.0 Å². The van der Waals surface area contributed by atoms with Crippen molar-refractivity contribution in [1.29, 1.82) is 0 Å². The zero-order chi connectivity index (χ0) is 15.5. The van der Waals surface area contributed by atoms with E-state index < -0.39 is 10.0 Å². The van der Waals surface area contributed by atoms with Gasteiger partial charge in [-0.05, 0) is 56.5 Å². The van der Waals surface area contributed by atoms with Gasteiger partial charge in [0, 0.05) is 19.6 Å². The molecule has 0 aromatic heterocycles. The predicted molar refractivity (Wildman–Crippen MR) is 85.9 cm³/mol. The Kier molecular flexibility index (Phi) is 5.41. The minimum Gasteiger partial charge on any atom is -0.316 e. The van der Waals surface area contributed by atoms with Crippen LogP contribution in [0.15, 0.2) is 17.0 Å². The largest absolute Gasteiger partial charge is 0.316 e. The molecule has 0 atom stereocenters. The van der Waals surface area contributed by atoms with Gasteiger partial charge in [0.1, 0.15) is 0 Å². The quantitative estimate of drug-likeness (QED) is 0.930. The SMILES string of the molecule is CNCc1cc(S(=O)(=O)N2CCCCCC2)c(C)cc1C. The molecule has 118 valence electrons. The molecular weight excluding hydrogens is 284 g/mol. The van der Waals surface area contributed by atoms with Crippen LogP contribution in [-0.4, -0.2) is 32.9 Å². The number of rotatable bonds is 4. The maximum atomic E-state index is 12.9. The third kappa shape index (κ3) is 3.65. The maximum Gasteiger partial charge on any atom is 0.243 e. The van der Waals surface area contributed by atoms with Crippen molar-refractivity contribution < 1.29 is 8.42 Å². The van der Waals surface area contributed by atoms with Crippen LogP contribution in [0.4, 0.5) is 0 Å². The first-order valence-corrected chi connectivity index (χ1v) is 9.15. The highest BCUT2D eigenvalue weighted by Crippen LogP contribution is 2.25. The van der Waals surface area contributed by atoms with Crippen molar-refractivity contribution in [3.8, 4) is 0 Å². The van der Waals surface area contributed by atoms with Gasteiger partial charge in [-0.3, -0.25) is 0 Å². The van der Waals surface area contributed by atoms with Crippen molar-refractivity contribution in [3.05, 3.63) is 28.8 Å². The lowest BCUT2D eigenvalue weighted by Gasteiger charge is -2.22. The van der Waals surface area contributed by atoms with Crippen LogP contribution in [0.3, 0.4) is 0 Å². The second-order valence-corrected chi connectivity index (χ2v) is 7.80. The van der Waals surface area contributed by atoms with Crippen LogP contribution in [0.5, 0.6) is 0 Å². The zero-order valence-electron chi connectivity index (χ0n) is 13.3. The zero-order valence-corrected chi connectivity index (χ0v) is 14.1. The van der Waals surface area contributed by atoms with Crippen LogP contribution < -0.4 is 5.32 Å². The first-order valence-electron chi connectivity index (χ1n) is 7.71. The van der Waals surface area contributed by atoms with E-state index in [4.69, 9.17) is 0 Å². The second-order valence-electron chi connectivity index (χ2n) is 5.89. The monoisotopic (exact) mass is 310 g/mol. The number of aryl methyl sites for hydroxylation is 2. The molecule has 1 aliphatic heterocycles. The van der Waals surface area contributed by atoms with Crippen LogP contribution in [0.25, 0.3) is 0 Å². The minimum atomic E-state index is -3.37. The number of hydrogen-bond donors (Lipinski definition) is 1. The van der Waals surface area contributed by atoms with Gasteiger partial charge in [0.2, 0.25) is 10.0 Å². The van der Waals surface area contributed by atoms with E-state index in [2.05, 4.69) is 5.32 Å². The number of sulfonamides is 1. The summed E-state index contributed by atoms with van der Waals surface area (Å²) in [6.07, 6.45) is 4.19. The lowest BCUT2D eigenvalue weighted by molar-refractivity contribution is 0.423. The molecule has 1 fully saturated rings. The van der Waals surface area contributed by atoms with Crippen molar-refractivity contribution in [3.63, 3.8) is 0 Å². The first-order chi connectivity index (χ1) is 9.96. The molecule has 0 saturated carbocycles. The fourth-order valence-corrected chi connectivity index (χ4v) is 4.73. The molecular formula is C16H26N2O2S. The average molecular weight is 310 g/mol. The summed E-state index contributed by atoms with van der Waals surface area (Å²) in [5, 5.41) is 3.10. The van der Waals surface area contributed by atoms with Gasteiger partial charge in [-0.15, -0.1) is 0 Å². The Morgan fingerprint density at radius 1 is 1.05 bits per heavy atom. The molecule has 0 unspecified atom stereocenters. The maximum absolute atomic E-state index is 12.9. The highest BCUT2D eigenvalue weighted by molar-refractivity contribution is 7.89. The normalized spacial score (nSPS) is 17.7. The van der Waals surface area contributed by atoms with Gasteiger partial charge in [-0.25, -0.2) is 8.42 Å². The molecule has 1 aliphatic rings. The molecule has 1 aromatic rings. The van der Waals surface area contributed by atoms with Gasteiger partial charge >= 0.3 is 0 Å². The highest BCUT2D eigenvalue weighted by Gasteiger charge is 2.27. The fraction of sp³-hybridized carbons (Fsp3) is 0.625. The van der Waals surface area contributed by atoms with E-state index >= 15 is 0 Å². The summed E-state index contributed by atoms with van der Waals surface area (Å²) in [7, 11) is -1.49.